The lowest BCUT2D eigenvalue weighted by Crippen LogP contribution is -2.37. The minimum Gasteiger partial charge on any atom is -0.756 e. The highest BCUT2D eigenvalue weighted by atomic mass is 31.2. The lowest BCUT2D eigenvalue weighted by molar-refractivity contribution is -0.870. The van der Waals surface area contributed by atoms with E-state index in [1.807, 2.05) is 21.1 Å². The van der Waals surface area contributed by atoms with Crippen molar-refractivity contribution in [1.82, 2.24) is 0 Å². The fourth-order valence-corrected chi connectivity index (χ4v) is 6.82. The summed E-state index contributed by atoms with van der Waals surface area (Å²) in [6.45, 7) is 4.09. The predicted octanol–water partition coefficient (Wildman–Crippen LogP) is 11.0. The first-order chi connectivity index (χ1) is 27.5. The Balaban J connectivity index is 2.34. The minimum absolute atomic E-state index is 0.0451. The number of quaternary nitrogens is 1. The van der Waals surface area contributed by atoms with Gasteiger partial charge >= 0.3 is 11.9 Å². The number of carbonyl (C=O) groups is 2. The second-order valence-corrected chi connectivity index (χ2v) is 17.9. The van der Waals surface area contributed by atoms with Gasteiger partial charge in [0.25, 0.3) is 7.82 Å². The Morgan fingerprint density at radius 1 is 0.649 bits per heavy atom. The predicted molar refractivity (Wildman–Crippen MR) is 231 cm³/mol. The van der Waals surface area contributed by atoms with E-state index in [0.717, 1.165) is 51.4 Å². The SMILES string of the molecule is CCCCC/C=C\C/C=C\C/C=C\CC1OC1CCCC(=O)OC[C@H](COP(=O)([O-])OCC[N+](C)(C)C)OC(=O)CCCCCCCCC/C=C\CCCCCC. The molecule has 0 radical (unpaired) electrons. The maximum atomic E-state index is 12.7. The van der Waals surface area contributed by atoms with Crippen molar-refractivity contribution in [2.24, 2.45) is 0 Å². The molecule has 1 saturated heterocycles. The Hall–Kier alpha value is -2.07. The van der Waals surface area contributed by atoms with E-state index in [2.05, 4.69) is 62.5 Å². The first-order valence-corrected chi connectivity index (χ1v) is 23.9. The van der Waals surface area contributed by atoms with E-state index in [4.69, 9.17) is 23.3 Å². The van der Waals surface area contributed by atoms with Crippen LogP contribution in [-0.2, 0) is 37.4 Å². The molecule has 57 heavy (non-hydrogen) atoms. The van der Waals surface area contributed by atoms with Crippen molar-refractivity contribution in [2.75, 3.05) is 47.5 Å². The van der Waals surface area contributed by atoms with E-state index in [-0.39, 0.29) is 38.3 Å². The van der Waals surface area contributed by atoms with Gasteiger partial charge in [-0.1, -0.05) is 127 Å². The van der Waals surface area contributed by atoms with Crippen LogP contribution in [0.15, 0.2) is 48.6 Å². The number of phosphoric ester groups is 1. The van der Waals surface area contributed by atoms with Gasteiger partial charge in [-0.25, -0.2) is 0 Å². The van der Waals surface area contributed by atoms with Crippen LogP contribution in [0, 0.1) is 0 Å². The van der Waals surface area contributed by atoms with E-state index in [1.165, 1.54) is 77.0 Å². The third-order valence-corrected chi connectivity index (χ3v) is 10.7. The first kappa shape index (κ1) is 52.9. The highest BCUT2D eigenvalue weighted by molar-refractivity contribution is 7.45. The van der Waals surface area contributed by atoms with Crippen molar-refractivity contribution in [3.05, 3.63) is 48.6 Å². The van der Waals surface area contributed by atoms with Crippen LogP contribution < -0.4 is 4.89 Å². The molecule has 1 rings (SSSR count). The second-order valence-electron chi connectivity index (χ2n) is 16.4. The van der Waals surface area contributed by atoms with Gasteiger partial charge in [0.2, 0.25) is 0 Å². The molecule has 1 heterocycles. The van der Waals surface area contributed by atoms with Crippen molar-refractivity contribution in [3.63, 3.8) is 0 Å². The summed E-state index contributed by atoms with van der Waals surface area (Å²) >= 11 is 0. The van der Waals surface area contributed by atoms with Crippen molar-refractivity contribution < 1.29 is 46.8 Å². The summed E-state index contributed by atoms with van der Waals surface area (Å²) in [5.41, 5.74) is 0. The van der Waals surface area contributed by atoms with Crippen molar-refractivity contribution in [3.8, 4) is 0 Å². The number of epoxide rings is 1. The van der Waals surface area contributed by atoms with Gasteiger partial charge < -0.3 is 32.6 Å². The minimum atomic E-state index is -4.65. The molecular weight excluding hydrogens is 741 g/mol. The third kappa shape index (κ3) is 35.6. The number of ether oxygens (including phenoxy) is 3. The van der Waals surface area contributed by atoms with Crippen LogP contribution in [-0.4, -0.2) is 82.2 Å². The van der Waals surface area contributed by atoms with Gasteiger partial charge in [0, 0.05) is 12.8 Å². The fraction of sp³-hybridized carbons (Fsp3) is 0.783. The Bertz CT molecular complexity index is 1180. The molecule has 0 aromatic rings. The molecule has 1 aliphatic heterocycles. The van der Waals surface area contributed by atoms with Crippen LogP contribution in [0.25, 0.3) is 0 Å². The summed E-state index contributed by atoms with van der Waals surface area (Å²) in [7, 11) is 1.12. The number of hydrogen-bond donors (Lipinski definition) is 0. The fourth-order valence-electron chi connectivity index (χ4n) is 6.09. The number of phosphoric acid groups is 1. The molecule has 0 saturated carbocycles. The Morgan fingerprint density at radius 2 is 1.18 bits per heavy atom. The smallest absolute Gasteiger partial charge is 0.306 e. The summed E-state index contributed by atoms with van der Waals surface area (Å²) in [5, 5.41) is 0. The zero-order chi connectivity index (χ0) is 41.9. The molecule has 0 aromatic heterocycles. The molecule has 330 valence electrons. The van der Waals surface area contributed by atoms with Crippen molar-refractivity contribution in [2.45, 2.75) is 186 Å². The van der Waals surface area contributed by atoms with E-state index in [1.54, 1.807) is 0 Å². The molecule has 0 amide bonds. The first-order valence-electron chi connectivity index (χ1n) is 22.5. The highest BCUT2D eigenvalue weighted by Gasteiger charge is 2.36. The van der Waals surface area contributed by atoms with Gasteiger partial charge in [0.1, 0.15) is 19.8 Å². The van der Waals surface area contributed by atoms with E-state index in [0.29, 0.717) is 23.9 Å². The van der Waals surface area contributed by atoms with Gasteiger partial charge in [0.15, 0.2) is 6.10 Å². The lowest BCUT2D eigenvalue weighted by atomic mass is 10.1. The van der Waals surface area contributed by atoms with Gasteiger partial charge in [-0.15, -0.1) is 0 Å². The summed E-state index contributed by atoms with van der Waals surface area (Å²) in [5.74, 6) is -0.918. The zero-order valence-electron chi connectivity index (χ0n) is 36.7. The number of esters is 2. The van der Waals surface area contributed by atoms with E-state index < -0.39 is 32.5 Å². The van der Waals surface area contributed by atoms with Crippen LogP contribution in [0.3, 0.4) is 0 Å². The Kier molecular flexibility index (Phi) is 32.3. The quantitative estimate of drug-likeness (QED) is 0.0149. The molecule has 11 heteroatoms. The summed E-state index contributed by atoms with van der Waals surface area (Å²) in [4.78, 5) is 37.7. The van der Waals surface area contributed by atoms with Gasteiger partial charge in [-0.2, -0.15) is 0 Å². The zero-order valence-corrected chi connectivity index (χ0v) is 37.6. The number of likely N-dealkylation sites (N-methyl/N-ethyl adjacent to an activating group) is 1. The largest absolute Gasteiger partial charge is 0.756 e. The number of unbranched alkanes of at least 4 members (excludes halogenated alkanes) is 14. The molecule has 0 aliphatic carbocycles. The monoisotopic (exact) mass is 824 g/mol. The topological polar surface area (TPSA) is 124 Å². The maximum absolute atomic E-state index is 12.7. The molecule has 0 aromatic carbocycles. The molecular formula is C46H82NO9P. The molecule has 1 fully saturated rings. The van der Waals surface area contributed by atoms with Gasteiger partial charge in [-0.3, -0.25) is 14.2 Å². The average molecular weight is 824 g/mol. The molecule has 1 aliphatic rings. The summed E-state index contributed by atoms with van der Waals surface area (Å²) < 4.78 is 39.7. The molecule has 4 atom stereocenters. The molecule has 0 N–H and O–H groups in total. The number of allylic oxidation sites excluding steroid dienone is 7. The normalized spacial score (nSPS) is 17.6. The van der Waals surface area contributed by atoms with E-state index in [9.17, 15) is 19.0 Å². The van der Waals surface area contributed by atoms with E-state index >= 15 is 0 Å². The Labute approximate surface area is 348 Å². The van der Waals surface area contributed by atoms with Crippen LogP contribution in [0.4, 0.5) is 0 Å². The van der Waals surface area contributed by atoms with Crippen LogP contribution in [0.1, 0.15) is 168 Å². The molecule has 0 spiro atoms. The van der Waals surface area contributed by atoms with Crippen LogP contribution >= 0.6 is 7.82 Å². The third-order valence-electron chi connectivity index (χ3n) is 9.75. The summed E-state index contributed by atoms with van der Waals surface area (Å²) in [6.07, 6.45) is 41.5. The Morgan fingerprint density at radius 3 is 1.82 bits per heavy atom. The number of nitrogens with zero attached hydrogens (tertiary/aromatic N) is 1. The lowest BCUT2D eigenvalue weighted by Gasteiger charge is -2.28. The van der Waals surface area contributed by atoms with Gasteiger partial charge in [0.05, 0.1) is 40.0 Å². The number of carbonyl (C=O) groups excluding carboxylic acids is 2. The van der Waals surface area contributed by atoms with Crippen molar-refractivity contribution in [1.29, 1.82) is 0 Å². The summed E-state index contributed by atoms with van der Waals surface area (Å²) in [6, 6.07) is 0. The highest BCUT2D eigenvalue weighted by Crippen LogP contribution is 2.38. The molecule has 3 unspecified atom stereocenters. The van der Waals surface area contributed by atoms with Crippen LogP contribution in [0.2, 0.25) is 0 Å². The second kappa shape index (κ2) is 34.8. The average Bonchev–Trinajstić information content (AvgIpc) is 3.91. The van der Waals surface area contributed by atoms with Gasteiger partial charge in [-0.05, 0) is 77.0 Å². The van der Waals surface area contributed by atoms with Crippen LogP contribution in [0.5, 0.6) is 0 Å². The molecule has 0 bridgehead atoms. The maximum Gasteiger partial charge on any atom is 0.306 e. The number of rotatable bonds is 39. The standard InChI is InChI=1S/C46H82NO9P/c1-6-8-10-12-14-16-18-20-21-22-24-26-28-30-32-36-46(49)55-42(41-54-57(50,51)53-39-38-47(3,4)5)40-52-45(48)37-33-35-44-43(56-44)34-31-29-27-25-23-19-17-15-13-11-9-7-2/h15-18,23,25,29,31,42-44H,6-14,19-22,24,26-28,30,32-41H2,1-5H3/b17-15-,18-16-,25-23-,31-29-/t42-,43?,44?/m1/s1. The number of hydrogen-bond acceptors (Lipinski definition) is 9. The van der Waals surface area contributed by atoms with Crippen molar-refractivity contribution >= 4 is 19.8 Å². The molecule has 10 nitrogen and oxygen atoms in total.